The number of hydrogen-bond donors (Lipinski definition) is 1. The highest BCUT2D eigenvalue weighted by molar-refractivity contribution is 5.83. The summed E-state index contributed by atoms with van der Waals surface area (Å²) in [5.41, 5.74) is 5.05. The number of nitrogens with two attached hydrogens (primary N) is 1. The molecule has 1 aromatic carbocycles. The van der Waals surface area contributed by atoms with Crippen LogP contribution >= 0.6 is 0 Å². The number of benzene rings is 1. The summed E-state index contributed by atoms with van der Waals surface area (Å²) in [6.45, 7) is 0. The second-order valence-electron chi connectivity index (χ2n) is 5.12. The molecule has 0 unspecified atom stereocenters. The molecule has 2 amide bonds. The van der Waals surface area contributed by atoms with E-state index < -0.39 is 29.6 Å². The summed E-state index contributed by atoms with van der Waals surface area (Å²) in [5.74, 6) is -1.30. The number of halogens is 3. The zero-order valence-corrected chi connectivity index (χ0v) is 11.4. The van der Waals surface area contributed by atoms with Gasteiger partial charge in [0, 0.05) is 13.5 Å². The number of hydrogen-bond acceptors (Lipinski definition) is 2. The van der Waals surface area contributed by atoms with Crippen LogP contribution in [0.15, 0.2) is 24.3 Å². The molecule has 1 saturated heterocycles. The molecule has 21 heavy (non-hydrogen) atoms. The van der Waals surface area contributed by atoms with Gasteiger partial charge in [0.05, 0.1) is 17.5 Å². The molecule has 1 aromatic rings. The largest absolute Gasteiger partial charge is 0.416 e. The van der Waals surface area contributed by atoms with Crippen LogP contribution in [0, 0.1) is 5.92 Å². The quantitative estimate of drug-likeness (QED) is 0.909. The summed E-state index contributed by atoms with van der Waals surface area (Å²) in [7, 11) is 1.53. The van der Waals surface area contributed by atoms with Crippen molar-refractivity contribution < 1.29 is 22.8 Å². The highest BCUT2D eigenvalue weighted by atomic mass is 19.4. The van der Waals surface area contributed by atoms with Gasteiger partial charge in [-0.15, -0.1) is 0 Å². The predicted octanol–water partition coefficient (Wildman–Crippen LogP) is 2.10. The lowest BCUT2D eigenvalue weighted by atomic mass is 9.84. The van der Waals surface area contributed by atoms with Gasteiger partial charge in [0.1, 0.15) is 0 Å². The minimum atomic E-state index is -4.42. The van der Waals surface area contributed by atoms with Gasteiger partial charge in [0.25, 0.3) is 0 Å². The Bertz CT molecular complexity index is 554. The van der Waals surface area contributed by atoms with Gasteiger partial charge < -0.3 is 10.6 Å². The molecule has 2 atom stereocenters. The van der Waals surface area contributed by atoms with E-state index in [1.165, 1.54) is 24.1 Å². The summed E-state index contributed by atoms with van der Waals surface area (Å²) < 4.78 is 37.7. The third-order valence-electron chi connectivity index (χ3n) is 3.81. The van der Waals surface area contributed by atoms with E-state index >= 15 is 0 Å². The van der Waals surface area contributed by atoms with Crippen LogP contribution in [0.1, 0.15) is 30.0 Å². The number of rotatable bonds is 2. The fourth-order valence-electron chi connectivity index (χ4n) is 2.66. The Labute approximate surface area is 119 Å². The van der Waals surface area contributed by atoms with Crippen LogP contribution in [-0.2, 0) is 15.8 Å². The average Bonchev–Trinajstić information content (AvgIpc) is 2.40. The van der Waals surface area contributed by atoms with Crippen molar-refractivity contribution in [3.05, 3.63) is 35.4 Å². The number of carbonyl (C=O) groups is 2. The second-order valence-corrected chi connectivity index (χ2v) is 5.12. The summed E-state index contributed by atoms with van der Waals surface area (Å²) in [6, 6.07) is 3.85. The van der Waals surface area contributed by atoms with Crippen LogP contribution in [0.2, 0.25) is 0 Å². The molecule has 0 saturated carbocycles. The van der Waals surface area contributed by atoms with E-state index in [4.69, 9.17) is 5.73 Å². The minimum absolute atomic E-state index is 0.155. The Hall–Kier alpha value is -2.05. The zero-order chi connectivity index (χ0) is 15.8. The van der Waals surface area contributed by atoms with Crippen molar-refractivity contribution in [1.82, 2.24) is 4.90 Å². The molecule has 1 aliphatic rings. The third-order valence-corrected chi connectivity index (χ3v) is 3.81. The van der Waals surface area contributed by atoms with Crippen molar-refractivity contribution in [2.24, 2.45) is 11.7 Å². The molecular formula is C14H15F3N2O2. The molecular weight excluding hydrogens is 285 g/mol. The molecule has 0 radical (unpaired) electrons. The third kappa shape index (κ3) is 3.01. The molecule has 2 N–H and O–H groups in total. The van der Waals surface area contributed by atoms with Gasteiger partial charge in [-0.3, -0.25) is 9.59 Å². The SMILES string of the molecule is CN1C(=O)CC[C@H](C(N)=O)[C@@H]1c1ccc(C(F)(F)F)cc1. The molecule has 2 rings (SSSR count). The molecule has 7 heteroatoms. The molecule has 4 nitrogen and oxygen atoms in total. The minimum Gasteiger partial charge on any atom is -0.369 e. The average molecular weight is 300 g/mol. The number of primary amides is 1. The van der Waals surface area contributed by atoms with Crippen LogP contribution < -0.4 is 5.73 Å². The van der Waals surface area contributed by atoms with Crippen molar-refractivity contribution in [1.29, 1.82) is 0 Å². The molecule has 1 fully saturated rings. The lowest BCUT2D eigenvalue weighted by Gasteiger charge is -2.37. The lowest BCUT2D eigenvalue weighted by molar-refractivity contribution is -0.141. The van der Waals surface area contributed by atoms with Crippen LogP contribution in [0.4, 0.5) is 13.2 Å². The molecule has 0 aromatic heterocycles. The van der Waals surface area contributed by atoms with E-state index in [2.05, 4.69) is 0 Å². The van der Waals surface area contributed by atoms with Crippen molar-refractivity contribution >= 4 is 11.8 Å². The van der Waals surface area contributed by atoms with E-state index in [0.717, 1.165) is 12.1 Å². The number of carbonyl (C=O) groups excluding carboxylic acids is 2. The van der Waals surface area contributed by atoms with E-state index in [1.54, 1.807) is 0 Å². The van der Waals surface area contributed by atoms with Crippen LogP contribution in [-0.4, -0.2) is 23.8 Å². The Morgan fingerprint density at radius 1 is 1.29 bits per heavy atom. The van der Waals surface area contributed by atoms with E-state index in [0.29, 0.717) is 12.0 Å². The molecule has 0 aliphatic carbocycles. The first-order valence-corrected chi connectivity index (χ1v) is 6.44. The van der Waals surface area contributed by atoms with Gasteiger partial charge in [0.15, 0.2) is 0 Å². The number of piperidine rings is 1. The van der Waals surface area contributed by atoms with Crippen molar-refractivity contribution in [3.63, 3.8) is 0 Å². The topological polar surface area (TPSA) is 63.4 Å². The number of likely N-dealkylation sites (tertiary alicyclic amines) is 1. The smallest absolute Gasteiger partial charge is 0.369 e. The number of alkyl halides is 3. The molecule has 1 aliphatic heterocycles. The Morgan fingerprint density at radius 3 is 2.33 bits per heavy atom. The molecule has 114 valence electrons. The van der Waals surface area contributed by atoms with Gasteiger partial charge in [0.2, 0.25) is 11.8 Å². The Morgan fingerprint density at radius 2 is 1.86 bits per heavy atom. The van der Waals surface area contributed by atoms with Crippen molar-refractivity contribution in [3.8, 4) is 0 Å². The van der Waals surface area contributed by atoms with Crippen LogP contribution in [0.25, 0.3) is 0 Å². The normalized spacial score (nSPS) is 23.2. The maximum atomic E-state index is 12.6. The molecule has 0 bridgehead atoms. The predicted molar refractivity (Wildman–Crippen MR) is 68.9 cm³/mol. The lowest BCUT2D eigenvalue weighted by Crippen LogP contribution is -2.44. The Balaban J connectivity index is 2.36. The zero-order valence-electron chi connectivity index (χ0n) is 11.4. The van der Waals surface area contributed by atoms with E-state index in [-0.39, 0.29) is 12.3 Å². The standard InChI is InChI=1S/C14H15F3N2O2/c1-19-11(20)7-6-10(13(18)21)12(19)8-2-4-9(5-3-8)14(15,16)17/h2-5,10,12H,6-7H2,1H3,(H2,18,21)/t10-,12-/m0/s1. The molecule has 0 spiro atoms. The first-order valence-electron chi connectivity index (χ1n) is 6.44. The summed E-state index contributed by atoms with van der Waals surface area (Å²) >= 11 is 0. The fraction of sp³-hybridized carbons (Fsp3) is 0.429. The molecule has 1 heterocycles. The van der Waals surface area contributed by atoms with E-state index in [9.17, 15) is 22.8 Å². The second kappa shape index (κ2) is 5.38. The highest BCUT2D eigenvalue weighted by Crippen LogP contribution is 2.37. The first-order chi connectivity index (χ1) is 9.71. The maximum absolute atomic E-state index is 12.6. The highest BCUT2D eigenvalue weighted by Gasteiger charge is 2.38. The Kier molecular flexibility index (Phi) is 3.93. The monoisotopic (exact) mass is 300 g/mol. The summed E-state index contributed by atoms with van der Waals surface area (Å²) in [5, 5.41) is 0. The van der Waals surface area contributed by atoms with Crippen molar-refractivity contribution in [2.45, 2.75) is 25.1 Å². The summed E-state index contributed by atoms with van der Waals surface area (Å²) in [6.07, 6.45) is -3.90. The van der Waals surface area contributed by atoms with Gasteiger partial charge >= 0.3 is 6.18 Å². The summed E-state index contributed by atoms with van der Waals surface area (Å²) in [4.78, 5) is 24.7. The maximum Gasteiger partial charge on any atom is 0.416 e. The van der Waals surface area contributed by atoms with E-state index in [1.807, 2.05) is 0 Å². The van der Waals surface area contributed by atoms with Gasteiger partial charge in [-0.2, -0.15) is 13.2 Å². The van der Waals surface area contributed by atoms with Crippen LogP contribution in [0.3, 0.4) is 0 Å². The van der Waals surface area contributed by atoms with Gasteiger partial charge in [-0.1, -0.05) is 12.1 Å². The van der Waals surface area contributed by atoms with Gasteiger partial charge in [-0.05, 0) is 24.1 Å². The van der Waals surface area contributed by atoms with Crippen molar-refractivity contribution in [2.75, 3.05) is 7.05 Å². The van der Waals surface area contributed by atoms with Gasteiger partial charge in [-0.25, -0.2) is 0 Å². The van der Waals surface area contributed by atoms with Crippen LogP contribution in [0.5, 0.6) is 0 Å². The number of amides is 2. The number of nitrogens with zero attached hydrogens (tertiary/aromatic N) is 1. The first kappa shape index (κ1) is 15.3. The fourth-order valence-corrected chi connectivity index (χ4v) is 2.66.